The van der Waals surface area contributed by atoms with Gasteiger partial charge in [-0.25, -0.2) is 15.0 Å². The van der Waals surface area contributed by atoms with Crippen molar-refractivity contribution in [3.8, 4) is 22.5 Å². The van der Waals surface area contributed by atoms with E-state index in [1.165, 1.54) is 6.39 Å². The van der Waals surface area contributed by atoms with Crippen LogP contribution < -0.4 is 5.32 Å². The minimum absolute atomic E-state index is 0.718. The Balaban J connectivity index is 1.55. The molecule has 0 spiro atoms. The summed E-state index contributed by atoms with van der Waals surface area (Å²) in [7, 11) is 0. The maximum absolute atomic E-state index is 5.39. The van der Waals surface area contributed by atoms with Crippen molar-refractivity contribution in [1.82, 2.24) is 19.9 Å². The van der Waals surface area contributed by atoms with E-state index in [1.54, 1.807) is 18.7 Å². The fourth-order valence-corrected chi connectivity index (χ4v) is 3.11. The number of anilines is 2. The Hall–Kier alpha value is -4.06. The first-order chi connectivity index (χ1) is 13.9. The Kier molecular flexibility index (Phi) is 3.99. The van der Waals surface area contributed by atoms with Gasteiger partial charge in [-0.05, 0) is 35.9 Å². The first-order valence-corrected chi connectivity index (χ1v) is 8.78. The smallest absolute Gasteiger partial charge is 0.181 e. The van der Waals surface area contributed by atoms with Gasteiger partial charge in [0.15, 0.2) is 12.2 Å². The van der Waals surface area contributed by atoms with Crippen LogP contribution in [0.4, 0.5) is 11.5 Å². The summed E-state index contributed by atoms with van der Waals surface area (Å²) in [5, 5.41) is 4.34. The average molecular weight is 365 g/mol. The SMILES string of the molecule is c1cncc(-c2ccc3ncnc(Nc4cccc(-c5cnco5)c4)c3c2)c1. The number of aromatic nitrogens is 4. The lowest BCUT2D eigenvalue weighted by molar-refractivity contribution is 0.572. The highest BCUT2D eigenvalue weighted by atomic mass is 16.3. The summed E-state index contributed by atoms with van der Waals surface area (Å²) in [5.74, 6) is 1.46. The summed E-state index contributed by atoms with van der Waals surface area (Å²) < 4.78 is 5.39. The van der Waals surface area contributed by atoms with Crippen molar-refractivity contribution in [1.29, 1.82) is 0 Å². The van der Waals surface area contributed by atoms with Crippen molar-refractivity contribution in [2.75, 3.05) is 5.32 Å². The van der Waals surface area contributed by atoms with Gasteiger partial charge in [-0.3, -0.25) is 4.98 Å². The van der Waals surface area contributed by atoms with Crippen LogP contribution >= 0.6 is 0 Å². The number of rotatable bonds is 4. The lowest BCUT2D eigenvalue weighted by Gasteiger charge is -2.10. The summed E-state index contributed by atoms with van der Waals surface area (Å²) in [6.07, 6.45) is 8.29. The quantitative estimate of drug-likeness (QED) is 0.478. The van der Waals surface area contributed by atoms with Crippen LogP contribution in [-0.2, 0) is 0 Å². The van der Waals surface area contributed by atoms with Crippen LogP contribution in [-0.4, -0.2) is 19.9 Å². The van der Waals surface area contributed by atoms with Crippen LogP contribution in [0.15, 0.2) is 90.3 Å². The number of nitrogens with zero attached hydrogens (tertiary/aromatic N) is 4. The van der Waals surface area contributed by atoms with E-state index in [0.29, 0.717) is 0 Å². The van der Waals surface area contributed by atoms with Gasteiger partial charge in [0.25, 0.3) is 0 Å². The summed E-state index contributed by atoms with van der Waals surface area (Å²) in [6, 6.07) is 18.0. The highest BCUT2D eigenvalue weighted by molar-refractivity contribution is 5.93. The van der Waals surface area contributed by atoms with Crippen molar-refractivity contribution in [2.24, 2.45) is 0 Å². The molecule has 0 saturated heterocycles. The van der Waals surface area contributed by atoms with E-state index in [4.69, 9.17) is 4.42 Å². The van der Waals surface area contributed by atoms with E-state index >= 15 is 0 Å². The van der Waals surface area contributed by atoms with Crippen molar-refractivity contribution in [2.45, 2.75) is 0 Å². The van der Waals surface area contributed by atoms with Gasteiger partial charge in [0, 0.05) is 34.6 Å². The zero-order chi connectivity index (χ0) is 18.8. The van der Waals surface area contributed by atoms with E-state index < -0.39 is 0 Å². The molecule has 5 aromatic rings. The fourth-order valence-electron chi connectivity index (χ4n) is 3.11. The minimum atomic E-state index is 0.718. The summed E-state index contributed by atoms with van der Waals surface area (Å²) >= 11 is 0. The molecule has 0 radical (unpaired) electrons. The van der Waals surface area contributed by atoms with Gasteiger partial charge in [-0.1, -0.05) is 24.3 Å². The Morgan fingerprint density at radius 3 is 2.61 bits per heavy atom. The van der Waals surface area contributed by atoms with Gasteiger partial charge in [0.05, 0.1) is 11.7 Å². The number of benzene rings is 2. The lowest BCUT2D eigenvalue weighted by atomic mass is 10.1. The number of nitrogens with one attached hydrogen (secondary N) is 1. The van der Waals surface area contributed by atoms with Crippen LogP contribution in [0.3, 0.4) is 0 Å². The van der Waals surface area contributed by atoms with Crippen LogP contribution in [0.1, 0.15) is 0 Å². The Labute approximate surface area is 161 Å². The highest BCUT2D eigenvalue weighted by Crippen LogP contribution is 2.29. The predicted octanol–water partition coefficient (Wildman–Crippen LogP) is 5.09. The second kappa shape index (κ2) is 6.92. The van der Waals surface area contributed by atoms with Gasteiger partial charge in [-0.2, -0.15) is 0 Å². The largest absolute Gasteiger partial charge is 0.444 e. The molecule has 3 heterocycles. The summed E-state index contributed by atoms with van der Waals surface area (Å²) in [6.45, 7) is 0. The molecule has 6 heteroatoms. The molecule has 2 aromatic carbocycles. The molecule has 0 unspecified atom stereocenters. The molecule has 0 fully saturated rings. The van der Waals surface area contributed by atoms with Crippen LogP contribution in [0.25, 0.3) is 33.4 Å². The average Bonchev–Trinajstić information content (AvgIpc) is 3.30. The molecule has 0 bridgehead atoms. The van der Waals surface area contributed by atoms with Gasteiger partial charge < -0.3 is 9.73 Å². The summed E-state index contributed by atoms with van der Waals surface area (Å²) in [5.41, 5.74) is 4.83. The second-order valence-corrected chi connectivity index (χ2v) is 6.27. The molecular weight excluding hydrogens is 350 g/mol. The molecule has 6 nitrogen and oxygen atoms in total. The predicted molar refractivity (Wildman–Crippen MR) is 108 cm³/mol. The van der Waals surface area contributed by atoms with E-state index in [9.17, 15) is 0 Å². The van der Waals surface area contributed by atoms with Crippen LogP contribution in [0.5, 0.6) is 0 Å². The maximum atomic E-state index is 5.39. The Bertz CT molecular complexity index is 1240. The third-order valence-corrected chi connectivity index (χ3v) is 4.47. The highest BCUT2D eigenvalue weighted by Gasteiger charge is 2.08. The third-order valence-electron chi connectivity index (χ3n) is 4.47. The van der Waals surface area contributed by atoms with Gasteiger partial charge >= 0.3 is 0 Å². The molecule has 28 heavy (non-hydrogen) atoms. The fraction of sp³-hybridized carbons (Fsp3) is 0. The first-order valence-electron chi connectivity index (χ1n) is 8.78. The number of hydrogen-bond acceptors (Lipinski definition) is 6. The van der Waals surface area contributed by atoms with Crippen molar-refractivity contribution < 1.29 is 4.42 Å². The second-order valence-electron chi connectivity index (χ2n) is 6.27. The van der Waals surface area contributed by atoms with E-state index in [2.05, 4.69) is 31.3 Å². The molecule has 1 N–H and O–H groups in total. The van der Waals surface area contributed by atoms with Gasteiger partial charge in [0.2, 0.25) is 0 Å². The molecule has 0 amide bonds. The van der Waals surface area contributed by atoms with E-state index in [0.717, 1.165) is 44.9 Å². The molecule has 0 atom stereocenters. The zero-order valence-electron chi connectivity index (χ0n) is 14.8. The molecule has 0 aliphatic carbocycles. The lowest BCUT2D eigenvalue weighted by Crippen LogP contribution is -1.96. The van der Waals surface area contributed by atoms with Crippen molar-refractivity contribution in [3.05, 3.63) is 85.9 Å². The molecule has 3 aromatic heterocycles. The number of pyridine rings is 1. The number of oxazole rings is 1. The normalized spacial score (nSPS) is 10.9. The standard InChI is InChI=1S/C22H15N5O/c1-3-16(21-12-24-14-28-21)9-18(5-1)27-22-19-10-15(17-4-2-8-23-11-17)6-7-20(19)25-13-26-22/h1-14H,(H,25,26,27). The van der Waals surface area contributed by atoms with Crippen molar-refractivity contribution >= 4 is 22.4 Å². The topological polar surface area (TPSA) is 76.7 Å². The Morgan fingerprint density at radius 1 is 0.786 bits per heavy atom. The molecule has 134 valence electrons. The first kappa shape index (κ1) is 16.1. The monoisotopic (exact) mass is 365 g/mol. The number of fused-ring (bicyclic) bond motifs is 1. The molecule has 0 saturated carbocycles. The maximum Gasteiger partial charge on any atom is 0.181 e. The number of hydrogen-bond donors (Lipinski definition) is 1. The Morgan fingerprint density at radius 2 is 1.75 bits per heavy atom. The van der Waals surface area contributed by atoms with Crippen molar-refractivity contribution in [3.63, 3.8) is 0 Å². The van der Waals surface area contributed by atoms with Gasteiger partial charge in [0.1, 0.15) is 12.1 Å². The van der Waals surface area contributed by atoms with E-state index in [1.807, 2.05) is 54.7 Å². The van der Waals surface area contributed by atoms with Gasteiger partial charge in [-0.15, -0.1) is 0 Å². The summed E-state index contributed by atoms with van der Waals surface area (Å²) in [4.78, 5) is 17.0. The minimum Gasteiger partial charge on any atom is -0.444 e. The zero-order valence-corrected chi connectivity index (χ0v) is 14.8. The third kappa shape index (κ3) is 3.07. The van der Waals surface area contributed by atoms with Crippen LogP contribution in [0, 0.1) is 0 Å². The molecule has 0 aliphatic heterocycles. The van der Waals surface area contributed by atoms with Crippen LogP contribution in [0.2, 0.25) is 0 Å². The molecule has 5 rings (SSSR count). The molecule has 0 aliphatic rings. The van der Waals surface area contributed by atoms with E-state index in [-0.39, 0.29) is 0 Å². The molecular formula is C22H15N5O.